The number of fused-ring (bicyclic) bond motifs is 4. The summed E-state index contributed by atoms with van der Waals surface area (Å²) >= 11 is 12.0. The fourth-order valence-electron chi connectivity index (χ4n) is 10.7. The summed E-state index contributed by atoms with van der Waals surface area (Å²) in [5.41, 5.74) is 3.64. The highest BCUT2D eigenvalue weighted by Crippen LogP contribution is 2.36. The van der Waals surface area contributed by atoms with E-state index in [2.05, 4.69) is 10.6 Å². The summed E-state index contributed by atoms with van der Waals surface area (Å²) < 4.78 is 92.7. The molecule has 8 heterocycles. The van der Waals surface area contributed by atoms with Gasteiger partial charge in [0.05, 0.1) is 102 Å². The number of nitrogens with one attached hydrogen (secondary N) is 2. The van der Waals surface area contributed by atoms with E-state index in [1.54, 1.807) is 24.3 Å². The Kier molecular flexibility index (Phi) is 19.8. The number of hydrogen-bond donors (Lipinski definition) is 6. The van der Waals surface area contributed by atoms with Gasteiger partial charge in [-0.25, -0.2) is 9.59 Å². The lowest BCUT2D eigenvalue weighted by atomic mass is 10.1. The van der Waals surface area contributed by atoms with Gasteiger partial charge < -0.3 is 59.5 Å². The van der Waals surface area contributed by atoms with E-state index in [0.717, 1.165) is 28.8 Å². The predicted molar refractivity (Wildman–Crippen MR) is 287 cm³/mol. The van der Waals surface area contributed by atoms with Crippen molar-refractivity contribution >= 4 is 55.6 Å². The summed E-state index contributed by atoms with van der Waals surface area (Å²) in [6.45, 7) is 6.19. The first-order valence-corrected chi connectivity index (χ1v) is 29.8. The average molecular weight is 1190 g/mol. The van der Waals surface area contributed by atoms with Crippen molar-refractivity contribution in [2.24, 2.45) is 0 Å². The number of nitrogens with zero attached hydrogens (tertiary/aromatic N) is 2. The molecule has 0 aliphatic carbocycles. The van der Waals surface area contributed by atoms with E-state index in [4.69, 9.17) is 60.0 Å². The van der Waals surface area contributed by atoms with Crippen molar-refractivity contribution in [3.05, 3.63) is 131 Å². The lowest BCUT2D eigenvalue weighted by Crippen LogP contribution is -2.44. The maximum absolute atomic E-state index is 12.7. The number of alkyl halides is 2. The average Bonchev–Trinajstić information content (AvgIpc) is 4.40. The van der Waals surface area contributed by atoms with Gasteiger partial charge in [-0.1, -0.05) is 96.1 Å². The molecule has 2 amide bonds. The van der Waals surface area contributed by atoms with Crippen LogP contribution in [0, 0.1) is 13.8 Å². The third-order valence-electron chi connectivity index (χ3n) is 14.9. The summed E-state index contributed by atoms with van der Waals surface area (Å²) in [6, 6.07) is 30.1. The summed E-state index contributed by atoms with van der Waals surface area (Å²) in [6.07, 6.45) is -6.77. The van der Waals surface area contributed by atoms with Gasteiger partial charge in [-0.2, -0.15) is 16.8 Å². The third kappa shape index (κ3) is 14.1. The highest BCUT2D eigenvalue weighted by Gasteiger charge is 2.55. The molecule has 0 aromatic heterocycles. The Labute approximate surface area is 474 Å². The third-order valence-corrected chi connectivity index (χ3v) is 18.3. The first-order chi connectivity index (χ1) is 38.3. The van der Waals surface area contributed by atoms with Gasteiger partial charge in [-0.05, 0) is 49.2 Å². The smallest absolute Gasteiger partial charge is 0.410 e. The number of aliphatic hydroxyl groups excluding tert-OH is 4. The molecule has 0 saturated carbocycles. The lowest BCUT2D eigenvalue weighted by Gasteiger charge is -2.24. The second-order valence-corrected chi connectivity index (χ2v) is 24.8. The standard InChI is InChI=1S/C21H23NO7S.C14H16ClNO4.C13H17NO5S.C6H10ClNO2/c1-14-7-9-16(10-8-14)30(25,26)29-18-11-22(19-17(23)13-27-20(18)19)21(24)28-12-15-5-3-2-4-6-15;15-10-6-16(12-11(17)8-19-13(10)12)14(18)20-7-9-4-2-1-3-5-9;1-8-2-4-9(5-3-8)20(16,17)19-11-6-14-12-10(15)7-18-13(11)12;7-3-1-8-5-4(9)2-10-6(3)5/h2-10,17-20,23H,11-13H2,1H3;1-5,10-13,17H,6-8H2;2-5,10-15H,6-7H2,1H3;3-6,8-9H,1-2H2/t17-,18+,19+,20+;10-,11-,12+,13+;10-,11+,12+,13+;3-,4-,5+,6+/m0000/s1. The maximum atomic E-state index is 12.7. The summed E-state index contributed by atoms with van der Waals surface area (Å²) in [5, 5.41) is 45.0. The second kappa shape index (κ2) is 26.3. The molecule has 8 saturated heterocycles. The van der Waals surface area contributed by atoms with Crippen LogP contribution in [0.4, 0.5) is 9.59 Å². The van der Waals surface area contributed by atoms with E-state index in [1.807, 2.05) is 74.5 Å². The Bertz CT molecular complexity index is 2910. The van der Waals surface area contributed by atoms with Crippen LogP contribution in [0.1, 0.15) is 22.3 Å². The summed E-state index contributed by atoms with van der Waals surface area (Å²) in [5.74, 6) is 0. The zero-order chi connectivity index (χ0) is 56.9. The highest BCUT2D eigenvalue weighted by atomic mass is 35.5. The number of carbonyl (C=O) groups excluding carboxylic acids is 2. The molecule has 8 fully saturated rings. The Morgan fingerprint density at radius 2 is 0.938 bits per heavy atom. The Hall–Kier alpha value is -4.58. The van der Waals surface area contributed by atoms with Crippen molar-refractivity contribution in [1.29, 1.82) is 0 Å². The van der Waals surface area contributed by atoms with Crippen LogP contribution in [0.25, 0.3) is 0 Å². The van der Waals surface area contributed by atoms with Crippen molar-refractivity contribution in [1.82, 2.24) is 20.4 Å². The highest BCUT2D eigenvalue weighted by molar-refractivity contribution is 7.87. The number of amides is 2. The topological polar surface area (TPSA) is 288 Å². The normalized spacial score (nSPS) is 32.8. The molecular formula is C54H66Cl2N4O18S2. The number of aliphatic hydroxyl groups is 4. The number of carbonyl (C=O) groups is 2. The summed E-state index contributed by atoms with van der Waals surface area (Å²) in [4.78, 5) is 27.7. The predicted octanol–water partition coefficient (Wildman–Crippen LogP) is 2.35. The maximum Gasteiger partial charge on any atom is 0.410 e. The number of likely N-dealkylation sites (tertiary alicyclic amines) is 2. The Balaban J connectivity index is 0.000000136. The first kappa shape index (κ1) is 60.0. The van der Waals surface area contributed by atoms with Crippen molar-refractivity contribution in [2.45, 2.75) is 133 Å². The second-order valence-electron chi connectivity index (χ2n) is 20.5. The van der Waals surface area contributed by atoms with E-state index in [9.17, 15) is 46.9 Å². The minimum Gasteiger partial charge on any atom is -0.445 e. The first-order valence-electron chi connectivity index (χ1n) is 26.2. The lowest BCUT2D eigenvalue weighted by molar-refractivity contribution is 0.0261. The molecular weight excluding hydrogens is 1130 g/mol. The molecule has 0 unspecified atom stereocenters. The molecule has 8 aliphatic heterocycles. The molecule has 8 aliphatic rings. The minimum atomic E-state index is -4.06. The molecule has 4 aromatic carbocycles. The van der Waals surface area contributed by atoms with Crippen molar-refractivity contribution in [3.63, 3.8) is 0 Å². The molecule has 0 spiro atoms. The van der Waals surface area contributed by atoms with Crippen molar-refractivity contribution in [2.75, 3.05) is 52.6 Å². The number of aryl methyl sites for hydroxylation is 2. The zero-order valence-electron chi connectivity index (χ0n) is 43.7. The monoisotopic (exact) mass is 1190 g/mol. The Morgan fingerprint density at radius 3 is 1.45 bits per heavy atom. The van der Waals surface area contributed by atoms with Gasteiger partial charge in [0.1, 0.15) is 49.8 Å². The number of rotatable bonds is 10. The van der Waals surface area contributed by atoms with Gasteiger partial charge in [-0.15, -0.1) is 23.2 Å². The zero-order valence-corrected chi connectivity index (χ0v) is 46.8. The van der Waals surface area contributed by atoms with Crippen molar-refractivity contribution < 1.29 is 83.6 Å². The molecule has 436 valence electrons. The molecule has 0 bridgehead atoms. The molecule has 4 aromatic rings. The fourth-order valence-corrected chi connectivity index (χ4v) is 13.5. The van der Waals surface area contributed by atoms with E-state index in [-0.39, 0.29) is 90.5 Å². The molecule has 0 radical (unpaired) electrons. The van der Waals surface area contributed by atoms with Gasteiger partial charge in [0.25, 0.3) is 20.2 Å². The number of halogens is 2. The van der Waals surface area contributed by atoms with Gasteiger partial charge >= 0.3 is 12.2 Å². The van der Waals surface area contributed by atoms with E-state index in [1.165, 1.54) is 34.1 Å². The number of ether oxygens (including phenoxy) is 6. The van der Waals surface area contributed by atoms with Gasteiger partial charge in [0, 0.05) is 19.6 Å². The molecule has 22 nitrogen and oxygen atoms in total. The van der Waals surface area contributed by atoms with Crippen LogP contribution < -0.4 is 10.6 Å². The van der Waals surface area contributed by atoms with Crippen LogP contribution >= 0.6 is 23.2 Å². The van der Waals surface area contributed by atoms with E-state index in [0.29, 0.717) is 19.7 Å². The van der Waals surface area contributed by atoms with Crippen LogP contribution in [-0.2, 0) is 70.2 Å². The van der Waals surface area contributed by atoms with E-state index >= 15 is 0 Å². The molecule has 26 heteroatoms. The quantitative estimate of drug-likeness (QED) is 0.0982. The van der Waals surface area contributed by atoms with Gasteiger partial charge in [0.2, 0.25) is 0 Å². The summed E-state index contributed by atoms with van der Waals surface area (Å²) in [7, 11) is -7.88. The molecule has 12 rings (SSSR count). The van der Waals surface area contributed by atoms with Gasteiger partial charge in [0.15, 0.2) is 0 Å². The number of hydrogen-bond acceptors (Lipinski definition) is 20. The van der Waals surface area contributed by atoms with E-state index < -0.39 is 87.2 Å². The number of benzene rings is 4. The molecule has 80 heavy (non-hydrogen) atoms. The fraction of sp³-hybridized carbons (Fsp3) is 0.519. The van der Waals surface area contributed by atoms with Crippen LogP contribution in [0.3, 0.4) is 0 Å². The van der Waals surface area contributed by atoms with Crippen LogP contribution in [0.15, 0.2) is 119 Å². The van der Waals surface area contributed by atoms with Crippen LogP contribution in [-0.4, -0.2) is 208 Å². The Morgan fingerprint density at radius 1 is 0.525 bits per heavy atom. The molecule has 6 N–H and O–H groups in total. The van der Waals surface area contributed by atoms with Crippen molar-refractivity contribution in [3.8, 4) is 0 Å². The van der Waals surface area contributed by atoms with Crippen LogP contribution in [0.2, 0.25) is 0 Å². The molecule has 16 atom stereocenters. The largest absolute Gasteiger partial charge is 0.445 e. The van der Waals surface area contributed by atoms with Gasteiger partial charge in [-0.3, -0.25) is 18.2 Å². The SMILES string of the molecule is Cc1ccc(S(=O)(=O)O[C@@H]2CN(C(=O)OCc3ccccc3)[C@H]3[C@@H]2OC[C@@H]3O)cc1.Cc1ccc(S(=O)(=O)O[C@@H]2CN[C@H]3[C@@H]2OC[C@@H]3O)cc1.O=C(OCc1ccccc1)N1C[C@H](Cl)[C@H]2OC[C@H](O)[C@H]21.O[C@H]1CO[C@H]2[C@@H]1NC[C@@H]2Cl. The minimum absolute atomic E-state index is 0.0117. The van der Waals surface area contributed by atoms with Crippen LogP contribution in [0.5, 0.6) is 0 Å².